The molecular weight excluding hydrogens is 221 g/mol. The first kappa shape index (κ1) is 12.8. The number of nitrogens with two attached hydrogens (primary N) is 1. The summed E-state index contributed by atoms with van der Waals surface area (Å²) in [7, 11) is 0. The Morgan fingerprint density at radius 2 is 2.12 bits per heavy atom. The molecule has 1 heterocycles. The van der Waals surface area contributed by atoms with Crippen molar-refractivity contribution in [2.24, 2.45) is 5.73 Å². The zero-order valence-corrected chi connectivity index (χ0v) is 8.79. The van der Waals surface area contributed by atoms with Crippen molar-refractivity contribution < 1.29 is 17.9 Å². The van der Waals surface area contributed by atoms with Crippen LogP contribution in [0.15, 0.2) is 18.3 Å². The average molecular weight is 234 g/mol. The van der Waals surface area contributed by atoms with E-state index in [1.165, 1.54) is 6.20 Å². The lowest BCUT2D eigenvalue weighted by atomic mass is 10.2. The Balaban J connectivity index is 2.44. The van der Waals surface area contributed by atoms with Gasteiger partial charge in [-0.3, -0.25) is 4.98 Å². The Kier molecular flexibility index (Phi) is 4.12. The van der Waals surface area contributed by atoms with Gasteiger partial charge < -0.3 is 10.5 Å². The van der Waals surface area contributed by atoms with Gasteiger partial charge in [0.05, 0.1) is 24.9 Å². The zero-order valence-electron chi connectivity index (χ0n) is 8.79. The van der Waals surface area contributed by atoms with Crippen LogP contribution in [-0.2, 0) is 0 Å². The highest BCUT2D eigenvalue weighted by Gasteiger charge is 2.26. The van der Waals surface area contributed by atoms with Crippen LogP contribution in [0.5, 0.6) is 5.75 Å². The number of aromatic nitrogens is 1. The minimum Gasteiger partial charge on any atom is -0.492 e. The monoisotopic (exact) mass is 234 g/mol. The number of halogens is 3. The van der Waals surface area contributed by atoms with Gasteiger partial charge in [-0.05, 0) is 19.1 Å². The first-order valence-electron chi connectivity index (χ1n) is 4.79. The van der Waals surface area contributed by atoms with E-state index in [0.717, 1.165) is 0 Å². The van der Waals surface area contributed by atoms with Crippen molar-refractivity contribution in [3.63, 3.8) is 0 Å². The summed E-state index contributed by atoms with van der Waals surface area (Å²) in [4.78, 5) is 3.96. The van der Waals surface area contributed by atoms with E-state index in [4.69, 9.17) is 10.5 Å². The summed E-state index contributed by atoms with van der Waals surface area (Å²) in [6, 6.07) is 2.99. The van der Waals surface area contributed by atoms with Crippen molar-refractivity contribution >= 4 is 0 Å². The third-order valence-electron chi connectivity index (χ3n) is 1.88. The molecule has 1 rings (SSSR count). The molecule has 0 radical (unpaired) electrons. The van der Waals surface area contributed by atoms with Crippen LogP contribution in [0.25, 0.3) is 0 Å². The van der Waals surface area contributed by atoms with Gasteiger partial charge in [0.25, 0.3) is 0 Å². The van der Waals surface area contributed by atoms with Gasteiger partial charge in [0.1, 0.15) is 5.75 Å². The number of rotatable bonds is 4. The largest absolute Gasteiger partial charge is 0.492 e. The van der Waals surface area contributed by atoms with E-state index in [2.05, 4.69) is 4.98 Å². The summed E-state index contributed by atoms with van der Waals surface area (Å²) in [5.41, 5.74) is 6.24. The molecule has 0 aliphatic heterocycles. The van der Waals surface area contributed by atoms with Crippen molar-refractivity contribution in [2.45, 2.75) is 25.6 Å². The van der Waals surface area contributed by atoms with E-state index in [1.807, 2.05) is 0 Å². The molecule has 0 aromatic carbocycles. The molecule has 0 spiro atoms. The molecule has 1 atom stereocenters. The Morgan fingerprint density at radius 3 is 2.56 bits per heavy atom. The van der Waals surface area contributed by atoms with E-state index in [1.54, 1.807) is 19.1 Å². The van der Waals surface area contributed by atoms with E-state index < -0.39 is 19.2 Å². The lowest BCUT2D eigenvalue weighted by Crippen LogP contribution is -2.13. The molecule has 0 saturated heterocycles. The van der Waals surface area contributed by atoms with Crippen molar-refractivity contribution in [1.29, 1.82) is 0 Å². The fourth-order valence-corrected chi connectivity index (χ4v) is 1.03. The fourth-order valence-electron chi connectivity index (χ4n) is 1.03. The van der Waals surface area contributed by atoms with Crippen LogP contribution in [0.2, 0.25) is 0 Å². The summed E-state index contributed by atoms with van der Waals surface area (Å²) >= 11 is 0. The highest BCUT2D eigenvalue weighted by Crippen LogP contribution is 2.20. The molecular formula is C10H13F3N2O. The second kappa shape index (κ2) is 5.16. The van der Waals surface area contributed by atoms with Gasteiger partial charge in [-0.1, -0.05) is 0 Å². The van der Waals surface area contributed by atoms with Crippen molar-refractivity contribution in [3.05, 3.63) is 24.0 Å². The van der Waals surface area contributed by atoms with Gasteiger partial charge in [-0.25, -0.2) is 0 Å². The Labute approximate surface area is 91.4 Å². The zero-order chi connectivity index (χ0) is 12.2. The second-order valence-corrected chi connectivity index (χ2v) is 3.42. The molecule has 6 heteroatoms. The van der Waals surface area contributed by atoms with Gasteiger partial charge in [-0.2, -0.15) is 13.2 Å². The molecule has 1 aromatic heterocycles. The number of alkyl halides is 3. The Bertz CT molecular complexity index is 322. The molecule has 2 N–H and O–H groups in total. The third-order valence-corrected chi connectivity index (χ3v) is 1.88. The maximum atomic E-state index is 11.8. The summed E-state index contributed by atoms with van der Waals surface area (Å²) < 4.78 is 40.3. The van der Waals surface area contributed by atoms with Gasteiger partial charge >= 0.3 is 6.18 Å². The number of hydrogen-bond donors (Lipinski definition) is 1. The summed E-state index contributed by atoms with van der Waals surface area (Å²) in [5, 5.41) is 0. The van der Waals surface area contributed by atoms with Crippen LogP contribution in [0.3, 0.4) is 0 Å². The highest BCUT2D eigenvalue weighted by atomic mass is 19.4. The minimum atomic E-state index is -4.20. The third kappa shape index (κ3) is 4.48. The molecule has 0 aliphatic carbocycles. The second-order valence-electron chi connectivity index (χ2n) is 3.42. The molecule has 90 valence electrons. The maximum absolute atomic E-state index is 11.8. The molecule has 0 aliphatic rings. The predicted octanol–water partition coefficient (Wildman–Crippen LogP) is 2.43. The van der Waals surface area contributed by atoms with Crippen LogP contribution in [0.1, 0.15) is 25.1 Å². The minimum absolute atomic E-state index is 0.204. The molecule has 16 heavy (non-hydrogen) atoms. The molecule has 1 unspecified atom stereocenters. The Morgan fingerprint density at radius 1 is 1.44 bits per heavy atom. The van der Waals surface area contributed by atoms with Crippen molar-refractivity contribution in [2.75, 3.05) is 6.61 Å². The lowest BCUT2D eigenvalue weighted by Gasteiger charge is -2.09. The van der Waals surface area contributed by atoms with Crippen LogP contribution >= 0.6 is 0 Å². The number of ether oxygens (including phenoxy) is 1. The first-order chi connectivity index (χ1) is 7.38. The number of pyridine rings is 1. The molecule has 3 nitrogen and oxygen atoms in total. The maximum Gasteiger partial charge on any atom is 0.392 e. The normalized spacial score (nSPS) is 13.6. The van der Waals surface area contributed by atoms with Crippen molar-refractivity contribution in [1.82, 2.24) is 4.98 Å². The van der Waals surface area contributed by atoms with Gasteiger partial charge in [0.2, 0.25) is 0 Å². The molecule has 0 amide bonds. The summed E-state index contributed by atoms with van der Waals surface area (Å²) in [5.74, 6) is 0.314. The van der Waals surface area contributed by atoms with Crippen LogP contribution in [0, 0.1) is 0 Å². The van der Waals surface area contributed by atoms with E-state index in [9.17, 15) is 13.2 Å². The summed E-state index contributed by atoms with van der Waals surface area (Å²) in [6.45, 7) is 1.37. The van der Waals surface area contributed by atoms with E-state index in [0.29, 0.717) is 11.4 Å². The lowest BCUT2D eigenvalue weighted by molar-refractivity contribution is -0.139. The summed E-state index contributed by atoms with van der Waals surface area (Å²) in [6.07, 6.45) is -3.80. The van der Waals surface area contributed by atoms with Gasteiger partial charge in [-0.15, -0.1) is 0 Å². The highest BCUT2D eigenvalue weighted by molar-refractivity contribution is 5.21. The molecule has 0 bridgehead atoms. The SMILES string of the molecule is CC(N)c1ccc(OCCC(F)(F)F)cn1. The van der Waals surface area contributed by atoms with Gasteiger partial charge in [0, 0.05) is 6.04 Å². The average Bonchev–Trinajstić information content (AvgIpc) is 2.16. The first-order valence-corrected chi connectivity index (χ1v) is 4.79. The molecule has 1 aromatic rings. The van der Waals surface area contributed by atoms with E-state index in [-0.39, 0.29) is 6.04 Å². The number of hydrogen-bond acceptors (Lipinski definition) is 3. The number of nitrogens with zero attached hydrogens (tertiary/aromatic N) is 1. The van der Waals surface area contributed by atoms with Crippen LogP contribution in [0.4, 0.5) is 13.2 Å². The molecule has 0 saturated carbocycles. The van der Waals surface area contributed by atoms with Gasteiger partial charge in [0.15, 0.2) is 0 Å². The van der Waals surface area contributed by atoms with E-state index >= 15 is 0 Å². The smallest absolute Gasteiger partial charge is 0.392 e. The van der Waals surface area contributed by atoms with Crippen LogP contribution in [-0.4, -0.2) is 17.8 Å². The Hall–Kier alpha value is -1.30. The quantitative estimate of drug-likeness (QED) is 0.870. The topological polar surface area (TPSA) is 48.1 Å². The predicted molar refractivity (Wildman–Crippen MR) is 53.0 cm³/mol. The van der Waals surface area contributed by atoms with Crippen molar-refractivity contribution in [3.8, 4) is 5.75 Å². The standard InChI is InChI=1S/C10H13F3N2O/c1-7(14)9-3-2-8(6-15-9)16-5-4-10(11,12)13/h2-3,6-7H,4-5,14H2,1H3. The van der Waals surface area contributed by atoms with Crippen LogP contribution < -0.4 is 10.5 Å². The molecule has 0 fully saturated rings. The fraction of sp³-hybridized carbons (Fsp3) is 0.500.